The number of aryl methyl sites for hydroxylation is 1. The SMILES string of the molecule is CCNc1ccc(C)cc1C(=O)NCc1ccc(Br)s1. The molecule has 1 amide bonds. The minimum absolute atomic E-state index is 0.0471. The van der Waals surface area contributed by atoms with E-state index in [1.54, 1.807) is 11.3 Å². The van der Waals surface area contributed by atoms with Crippen molar-refractivity contribution < 1.29 is 4.79 Å². The van der Waals surface area contributed by atoms with Crippen LogP contribution in [0.5, 0.6) is 0 Å². The molecule has 1 heterocycles. The predicted octanol–water partition coefficient (Wildman–Crippen LogP) is 4.18. The number of benzene rings is 1. The third kappa shape index (κ3) is 3.84. The Hall–Kier alpha value is -1.33. The second-order valence-electron chi connectivity index (χ2n) is 4.47. The van der Waals surface area contributed by atoms with Crippen molar-refractivity contribution >= 4 is 38.9 Å². The number of halogens is 1. The van der Waals surface area contributed by atoms with Crippen LogP contribution in [0.15, 0.2) is 34.1 Å². The number of carbonyl (C=O) groups is 1. The fraction of sp³-hybridized carbons (Fsp3) is 0.267. The molecular weight excluding hydrogens is 336 g/mol. The molecule has 5 heteroatoms. The quantitative estimate of drug-likeness (QED) is 0.847. The minimum atomic E-state index is -0.0471. The van der Waals surface area contributed by atoms with Crippen molar-refractivity contribution in [2.45, 2.75) is 20.4 Å². The molecule has 1 aromatic heterocycles. The molecule has 3 nitrogen and oxygen atoms in total. The van der Waals surface area contributed by atoms with E-state index >= 15 is 0 Å². The minimum Gasteiger partial charge on any atom is -0.385 e. The number of nitrogens with one attached hydrogen (secondary N) is 2. The zero-order chi connectivity index (χ0) is 14.5. The third-order valence-electron chi connectivity index (χ3n) is 2.84. The number of rotatable bonds is 5. The Bertz CT molecular complexity index is 610. The second-order valence-corrected chi connectivity index (χ2v) is 7.02. The first kappa shape index (κ1) is 15.1. The van der Waals surface area contributed by atoms with E-state index < -0.39 is 0 Å². The van der Waals surface area contributed by atoms with Crippen LogP contribution in [-0.2, 0) is 6.54 Å². The van der Waals surface area contributed by atoms with E-state index in [9.17, 15) is 4.79 Å². The van der Waals surface area contributed by atoms with Gasteiger partial charge in [0.05, 0.1) is 15.9 Å². The molecule has 2 aromatic rings. The van der Waals surface area contributed by atoms with E-state index in [2.05, 4.69) is 26.6 Å². The summed E-state index contributed by atoms with van der Waals surface area (Å²) in [6, 6.07) is 9.87. The van der Waals surface area contributed by atoms with Crippen molar-refractivity contribution in [2.75, 3.05) is 11.9 Å². The van der Waals surface area contributed by atoms with Crippen molar-refractivity contribution in [3.05, 3.63) is 50.1 Å². The Labute approximate surface area is 131 Å². The zero-order valence-electron chi connectivity index (χ0n) is 11.5. The summed E-state index contributed by atoms with van der Waals surface area (Å²) in [6.07, 6.45) is 0. The molecule has 2 rings (SSSR count). The van der Waals surface area contributed by atoms with Gasteiger partial charge in [0.15, 0.2) is 0 Å². The molecule has 1 aromatic carbocycles. The molecule has 0 radical (unpaired) electrons. The highest BCUT2D eigenvalue weighted by atomic mass is 79.9. The molecule has 0 aliphatic rings. The van der Waals surface area contributed by atoms with E-state index in [0.29, 0.717) is 12.1 Å². The highest BCUT2D eigenvalue weighted by molar-refractivity contribution is 9.11. The zero-order valence-corrected chi connectivity index (χ0v) is 13.9. The first-order valence-electron chi connectivity index (χ1n) is 6.47. The van der Waals surface area contributed by atoms with Gasteiger partial charge < -0.3 is 10.6 Å². The van der Waals surface area contributed by atoms with Gasteiger partial charge in [-0.1, -0.05) is 11.6 Å². The van der Waals surface area contributed by atoms with E-state index in [4.69, 9.17) is 0 Å². The monoisotopic (exact) mass is 352 g/mol. The maximum atomic E-state index is 12.3. The van der Waals surface area contributed by atoms with Gasteiger partial charge in [0.1, 0.15) is 0 Å². The number of hydrogen-bond donors (Lipinski definition) is 2. The van der Waals surface area contributed by atoms with Crippen LogP contribution in [-0.4, -0.2) is 12.5 Å². The summed E-state index contributed by atoms with van der Waals surface area (Å²) in [5, 5.41) is 6.19. The van der Waals surface area contributed by atoms with Gasteiger partial charge in [-0.3, -0.25) is 4.79 Å². The number of hydrogen-bond acceptors (Lipinski definition) is 3. The first-order valence-corrected chi connectivity index (χ1v) is 8.08. The topological polar surface area (TPSA) is 41.1 Å². The molecule has 0 saturated heterocycles. The number of anilines is 1. The summed E-state index contributed by atoms with van der Waals surface area (Å²) in [4.78, 5) is 13.4. The van der Waals surface area contributed by atoms with E-state index in [1.807, 2.05) is 44.2 Å². The van der Waals surface area contributed by atoms with Crippen molar-refractivity contribution in [2.24, 2.45) is 0 Å². The maximum absolute atomic E-state index is 12.3. The summed E-state index contributed by atoms with van der Waals surface area (Å²) in [6.45, 7) is 5.35. The molecule has 0 aliphatic heterocycles. The number of amides is 1. The molecule has 0 saturated carbocycles. The summed E-state index contributed by atoms with van der Waals surface area (Å²) in [5.41, 5.74) is 2.65. The van der Waals surface area contributed by atoms with E-state index in [0.717, 1.165) is 26.5 Å². The maximum Gasteiger partial charge on any atom is 0.253 e. The summed E-state index contributed by atoms with van der Waals surface area (Å²) < 4.78 is 1.07. The number of carbonyl (C=O) groups excluding carboxylic acids is 1. The van der Waals surface area contributed by atoms with Gasteiger partial charge in [0.2, 0.25) is 0 Å². The molecule has 20 heavy (non-hydrogen) atoms. The van der Waals surface area contributed by atoms with Gasteiger partial charge in [0, 0.05) is 17.1 Å². The number of thiophene rings is 1. The normalized spacial score (nSPS) is 10.3. The molecule has 0 atom stereocenters. The Morgan fingerprint density at radius 2 is 2.10 bits per heavy atom. The van der Waals surface area contributed by atoms with Gasteiger partial charge in [0.25, 0.3) is 5.91 Å². The third-order valence-corrected chi connectivity index (χ3v) is 4.46. The average Bonchev–Trinajstić information content (AvgIpc) is 2.84. The lowest BCUT2D eigenvalue weighted by Crippen LogP contribution is -2.23. The summed E-state index contributed by atoms with van der Waals surface area (Å²) in [7, 11) is 0. The molecule has 0 fully saturated rings. The van der Waals surface area contributed by atoms with Gasteiger partial charge >= 0.3 is 0 Å². The van der Waals surface area contributed by atoms with Gasteiger partial charge in [-0.05, 0) is 54.0 Å². The lowest BCUT2D eigenvalue weighted by atomic mass is 10.1. The summed E-state index contributed by atoms with van der Waals surface area (Å²) >= 11 is 5.05. The summed E-state index contributed by atoms with van der Waals surface area (Å²) in [5.74, 6) is -0.0471. The molecular formula is C15H17BrN2OS. The fourth-order valence-corrected chi connectivity index (χ4v) is 3.32. The molecule has 2 N–H and O–H groups in total. The highest BCUT2D eigenvalue weighted by Gasteiger charge is 2.11. The van der Waals surface area contributed by atoms with E-state index in [1.165, 1.54) is 0 Å². The van der Waals surface area contributed by atoms with Crippen LogP contribution in [0.4, 0.5) is 5.69 Å². The van der Waals surface area contributed by atoms with Crippen LogP contribution >= 0.6 is 27.3 Å². The average molecular weight is 353 g/mol. The van der Waals surface area contributed by atoms with Crippen molar-refractivity contribution in [3.63, 3.8) is 0 Å². The molecule has 0 spiro atoms. The Morgan fingerprint density at radius 1 is 1.30 bits per heavy atom. The van der Waals surface area contributed by atoms with Crippen LogP contribution in [0.25, 0.3) is 0 Å². The highest BCUT2D eigenvalue weighted by Crippen LogP contribution is 2.22. The molecule has 106 valence electrons. The lowest BCUT2D eigenvalue weighted by Gasteiger charge is -2.11. The van der Waals surface area contributed by atoms with Crippen LogP contribution in [0, 0.1) is 6.92 Å². The van der Waals surface area contributed by atoms with Crippen LogP contribution in [0.3, 0.4) is 0 Å². The smallest absolute Gasteiger partial charge is 0.253 e. The molecule has 0 bridgehead atoms. The van der Waals surface area contributed by atoms with Crippen LogP contribution < -0.4 is 10.6 Å². The lowest BCUT2D eigenvalue weighted by molar-refractivity contribution is 0.0952. The Kier molecular flexibility index (Phi) is 5.20. The van der Waals surface area contributed by atoms with Crippen LogP contribution in [0.1, 0.15) is 27.7 Å². The van der Waals surface area contributed by atoms with Crippen molar-refractivity contribution in [1.29, 1.82) is 0 Å². The second kappa shape index (κ2) is 6.90. The predicted molar refractivity (Wildman–Crippen MR) is 88.5 cm³/mol. The largest absolute Gasteiger partial charge is 0.385 e. The van der Waals surface area contributed by atoms with Gasteiger partial charge in [-0.25, -0.2) is 0 Å². The van der Waals surface area contributed by atoms with E-state index in [-0.39, 0.29) is 5.91 Å². The molecule has 0 unspecified atom stereocenters. The van der Waals surface area contributed by atoms with Crippen molar-refractivity contribution in [1.82, 2.24) is 5.32 Å². The first-order chi connectivity index (χ1) is 9.60. The standard InChI is InChI=1S/C15H17BrN2OS/c1-3-17-13-6-4-10(2)8-12(13)15(19)18-9-11-5-7-14(16)20-11/h4-8,17H,3,9H2,1-2H3,(H,18,19). The van der Waals surface area contributed by atoms with Crippen LogP contribution in [0.2, 0.25) is 0 Å². The van der Waals surface area contributed by atoms with Gasteiger partial charge in [-0.2, -0.15) is 0 Å². The Morgan fingerprint density at radius 3 is 2.75 bits per heavy atom. The fourth-order valence-electron chi connectivity index (χ4n) is 1.90. The van der Waals surface area contributed by atoms with Crippen molar-refractivity contribution in [3.8, 4) is 0 Å². The molecule has 0 aliphatic carbocycles. The van der Waals surface area contributed by atoms with Gasteiger partial charge in [-0.15, -0.1) is 11.3 Å². The Balaban J connectivity index is 2.09.